The number of carbonyl (C=O) groups excluding carboxylic acids is 2. The molecule has 0 radical (unpaired) electrons. The van der Waals surface area contributed by atoms with Crippen LogP contribution in [0.4, 0.5) is 11.4 Å². The van der Waals surface area contributed by atoms with Crippen LogP contribution in [0.1, 0.15) is 31.1 Å². The molecule has 2 N–H and O–H groups in total. The Hall–Kier alpha value is -2.68. The molecule has 0 saturated carbocycles. The number of anilines is 1. The highest BCUT2D eigenvalue weighted by molar-refractivity contribution is 5.93. The Bertz CT molecular complexity index is 647. The molecule has 1 amide bonds. The van der Waals surface area contributed by atoms with E-state index in [0.717, 1.165) is 6.07 Å². The second kappa shape index (κ2) is 10.3. The van der Waals surface area contributed by atoms with Gasteiger partial charge in [0.05, 0.1) is 17.1 Å². The van der Waals surface area contributed by atoms with E-state index < -0.39 is 23.4 Å². The molecular weight excluding hydrogens is 342 g/mol. The third kappa shape index (κ3) is 6.67. The number of nitrogens with one attached hydrogen (secondary N) is 2. The third-order valence-electron chi connectivity index (χ3n) is 3.77. The number of benzene rings is 1. The normalized spacial score (nSPS) is 11.7. The minimum atomic E-state index is -0.802. The van der Waals surface area contributed by atoms with Gasteiger partial charge in [0, 0.05) is 25.8 Å². The summed E-state index contributed by atoms with van der Waals surface area (Å²) in [6.45, 7) is 6.08. The Morgan fingerprint density at radius 3 is 2.54 bits per heavy atom. The molecule has 9 heteroatoms. The molecule has 9 nitrogen and oxygen atoms in total. The monoisotopic (exact) mass is 367 g/mol. The fourth-order valence-electron chi connectivity index (χ4n) is 1.92. The lowest BCUT2D eigenvalue weighted by molar-refractivity contribution is -0.384. The first-order valence-corrected chi connectivity index (χ1v) is 8.24. The maximum absolute atomic E-state index is 12.1. The smallest absolute Gasteiger partial charge is 0.338 e. The van der Waals surface area contributed by atoms with Crippen LogP contribution in [0.15, 0.2) is 18.2 Å². The van der Waals surface area contributed by atoms with Gasteiger partial charge in [0.25, 0.3) is 11.6 Å². The Balaban J connectivity index is 2.72. The molecule has 0 fully saturated rings. The Morgan fingerprint density at radius 1 is 1.27 bits per heavy atom. The van der Waals surface area contributed by atoms with Crippen molar-refractivity contribution in [2.45, 2.75) is 26.8 Å². The molecule has 0 spiro atoms. The lowest BCUT2D eigenvalue weighted by Crippen LogP contribution is -2.38. The Labute approximate surface area is 152 Å². The molecule has 144 valence electrons. The van der Waals surface area contributed by atoms with Crippen molar-refractivity contribution in [1.82, 2.24) is 5.32 Å². The van der Waals surface area contributed by atoms with Crippen LogP contribution < -0.4 is 10.6 Å². The topological polar surface area (TPSA) is 120 Å². The number of carbonyl (C=O) groups is 2. The van der Waals surface area contributed by atoms with Gasteiger partial charge in [-0.05, 0) is 25.0 Å². The fourth-order valence-corrected chi connectivity index (χ4v) is 1.92. The van der Waals surface area contributed by atoms with E-state index in [1.807, 2.05) is 20.8 Å². The average Bonchev–Trinajstić information content (AvgIpc) is 2.59. The number of methoxy groups -OCH3 is 1. The molecule has 0 aliphatic carbocycles. The lowest BCUT2D eigenvalue weighted by atomic mass is 10.1. The highest BCUT2D eigenvalue weighted by atomic mass is 16.6. The zero-order valence-electron chi connectivity index (χ0n) is 15.4. The minimum absolute atomic E-state index is 0.00120. The van der Waals surface area contributed by atoms with Gasteiger partial charge in [-0.2, -0.15) is 0 Å². The van der Waals surface area contributed by atoms with Crippen LogP contribution >= 0.6 is 0 Å². The summed E-state index contributed by atoms with van der Waals surface area (Å²) in [5, 5.41) is 16.8. The van der Waals surface area contributed by atoms with E-state index in [-0.39, 0.29) is 28.9 Å². The zero-order valence-corrected chi connectivity index (χ0v) is 15.4. The van der Waals surface area contributed by atoms with Gasteiger partial charge in [-0.25, -0.2) is 4.79 Å². The first kappa shape index (κ1) is 21.4. The second-order valence-electron chi connectivity index (χ2n) is 6.08. The van der Waals surface area contributed by atoms with Gasteiger partial charge < -0.3 is 20.1 Å². The molecule has 1 aromatic carbocycles. The van der Waals surface area contributed by atoms with Gasteiger partial charge in [-0.1, -0.05) is 13.8 Å². The molecule has 0 aliphatic heterocycles. The number of amides is 1. The Morgan fingerprint density at radius 2 is 1.96 bits per heavy atom. The lowest BCUT2D eigenvalue weighted by Gasteiger charge is -2.17. The van der Waals surface area contributed by atoms with Crippen molar-refractivity contribution in [2.24, 2.45) is 5.92 Å². The summed E-state index contributed by atoms with van der Waals surface area (Å²) in [7, 11) is 1.52. The standard InChI is InChI=1S/C17H25N3O6/c1-11(2)12(3)19-16(21)10-26-17(22)13-5-6-14(18-7-8-25-4)15(9-13)20(23)24/h5-6,9,11-12,18H,7-8,10H2,1-4H3,(H,19,21). The largest absolute Gasteiger partial charge is 0.452 e. The molecule has 1 rings (SSSR count). The number of nitro groups is 1. The molecule has 0 heterocycles. The number of rotatable bonds is 10. The number of hydrogen-bond acceptors (Lipinski definition) is 7. The summed E-state index contributed by atoms with van der Waals surface area (Å²) in [5.74, 6) is -0.980. The van der Waals surface area contributed by atoms with Crippen LogP contribution in [0.25, 0.3) is 0 Å². The van der Waals surface area contributed by atoms with E-state index in [4.69, 9.17) is 9.47 Å². The molecule has 0 bridgehead atoms. The quantitative estimate of drug-likeness (QED) is 0.281. The molecule has 0 aliphatic rings. The van der Waals surface area contributed by atoms with E-state index in [2.05, 4.69) is 10.6 Å². The number of nitrogens with zero attached hydrogens (tertiary/aromatic N) is 1. The molecule has 26 heavy (non-hydrogen) atoms. The van der Waals surface area contributed by atoms with Gasteiger partial charge >= 0.3 is 5.97 Å². The van der Waals surface area contributed by atoms with E-state index >= 15 is 0 Å². The average molecular weight is 367 g/mol. The van der Waals surface area contributed by atoms with Crippen molar-refractivity contribution in [3.8, 4) is 0 Å². The molecule has 0 aromatic heterocycles. The van der Waals surface area contributed by atoms with Crippen molar-refractivity contribution in [1.29, 1.82) is 0 Å². The van der Waals surface area contributed by atoms with E-state index in [1.54, 1.807) is 0 Å². The predicted molar refractivity (Wildman–Crippen MR) is 96.2 cm³/mol. The maximum Gasteiger partial charge on any atom is 0.338 e. The van der Waals surface area contributed by atoms with Crippen LogP contribution in [0.2, 0.25) is 0 Å². The van der Waals surface area contributed by atoms with Crippen LogP contribution in [-0.4, -0.2) is 49.7 Å². The minimum Gasteiger partial charge on any atom is -0.452 e. The molecule has 0 saturated heterocycles. The predicted octanol–water partition coefficient (Wildman–Crippen LogP) is 1.97. The Kier molecular flexibility index (Phi) is 8.50. The first-order chi connectivity index (χ1) is 12.3. The van der Waals surface area contributed by atoms with E-state index in [1.165, 1.54) is 19.2 Å². The van der Waals surface area contributed by atoms with Gasteiger partial charge in [0.2, 0.25) is 0 Å². The number of nitro benzene ring substituents is 1. The van der Waals surface area contributed by atoms with Gasteiger partial charge in [-0.3, -0.25) is 14.9 Å². The highest BCUT2D eigenvalue weighted by Gasteiger charge is 2.19. The number of esters is 1. The summed E-state index contributed by atoms with van der Waals surface area (Å²) in [5.41, 5.74) is 0.0132. The molecular formula is C17H25N3O6. The van der Waals surface area contributed by atoms with Crippen molar-refractivity contribution in [3.63, 3.8) is 0 Å². The fraction of sp³-hybridized carbons (Fsp3) is 0.529. The molecule has 1 unspecified atom stereocenters. The summed E-state index contributed by atoms with van der Waals surface area (Å²) < 4.78 is 9.81. The van der Waals surface area contributed by atoms with E-state index in [0.29, 0.717) is 13.2 Å². The zero-order chi connectivity index (χ0) is 19.7. The molecule has 1 aromatic rings. The second-order valence-corrected chi connectivity index (χ2v) is 6.08. The van der Waals surface area contributed by atoms with Crippen LogP contribution in [0.5, 0.6) is 0 Å². The van der Waals surface area contributed by atoms with Crippen molar-refractivity contribution >= 4 is 23.3 Å². The molecule has 1 atom stereocenters. The van der Waals surface area contributed by atoms with Gasteiger partial charge in [0.15, 0.2) is 6.61 Å². The van der Waals surface area contributed by atoms with Gasteiger partial charge in [0.1, 0.15) is 5.69 Å². The number of hydrogen-bond donors (Lipinski definition) is 2. The SMILES string of the molecule is COCCNc1ccc(C(=O)OCC(=O)NC(C)C(C)C)cc1[N+](=O)[O-]. The maximum atomic E-state index is 12.1. The summed E-state index contributed by atoms with van der Waals surface area (Å²) in [6.07, 6.45) is 0. The third-order valence-corrected chi connectivity index (χ3v) is 3.77. The highest BCUT2D eigenvalue weighted by Crippen LogP contribution is 2.25. The summed E-state index contributed by atoms with van der Waals surface area (Å²) >= 11 is 0. The summed E-state index contributed by atoms with van der Waals surface area (Å²) in [4.78, 5) is 34.4. The van der Waals surface area contributed by atoms with Crippen LogP contribution in [0.3, 0.4) is 0 Å². The number of ether oxygens (including phenoxy) is 2. The van der Waals surface area contributed by atoms with Gasteiger partial charge in [-0.15, -0.1) is 0 Å². The van der Waals surface area contributed by atoms with Crippen molar-refractivity contribution in [2.75, 3.05) is 32.2 Å². The van der Waals surface area contributed by atoms with Crippen LogP contribution in [0, 0.1) is 16.0 Å². The van der Waals surface area contributed by atoms with Crippen molar-refractivity contribution in [3.05, 3.63) is 33.9 Å². The van der Waals surface area contributed by atoms with Crippen molar-refractivity contribution < 1.29 is 24.0 Å². The van der Waals surface area contributed by atoms with Crippen LogP contribution in [-0.2, 0) is 14.3 Å². The van der Waals surface area contributed by atoms with E-state index in [9.17, 15) is 19.7 Å². The summed E-state index contributed by atoms with van der Waals surface area (Å²) in [6, 6.07) is 3.89. The first-order valence-electron chi connectivity index (χ1n) is 8.24.